The third kappa shape index (κ3) is 3.82. The number of hydrogen-bond donors (Lipinski definition) is 1. The number of nitrogens with zero attached hydrogens (tertiary/aromatic N) is 3. The quantitative estimate of drug-likeness (QED) is 0.455. The molecule has 0 aliphatic rings. The summed E-state index contributed by atoms with van der Waals surface area (Å²) in [6.07, 6.45) is 1.77. The summed E-state index contributed by atoms with van der Waals surface area (Å²) in [5, 5.41) is 8.50. The van der Waals surface area contributed by atoms with Gasteiger partial charge in [-0.15, -0.1) is 11.3 Å². The highest BCUT2D eigenvalue weighted by Crippen LogP contribution is 2.31. The Labute approximate surface area is 183 Å². The molecular weight excluding hydrogens is 412 g/mol. The van der Waals surface area contributed by atoms with Crippen molar-refractivity contribution in [2.24, 2.45) is 0 Å². The predicted octanol–water partition coefficient (Wildman–Crippen LogP) is 4.84. The molecule has 0 unspecified atom stereocenters. The number of carbonyl (C=O) groups excluding carboxylic acids is 2. The number of aromatic nitrogens is 3. The largest absolute Gasteiger partial charge is 0.465 e. The van der Waals surface area contributed by atoms with E-state index in [1.54, 1.807) is 18.3 Å². The number of benzene rings is 1. The highest BCUT2D eigenvalue weighted by atomic mass is 32.1. The lowest BCUT2D eigenvalue weighted by atomic mass is 10.0. The van der Waals surface area contributed by atoms with Crippen LogP contribution in [0.15, 0.2) is 42.6 Å². The first-order chi connectivity index (χ1) is 14.9. The molecule has 158 valence electrons. The Balaban J connectivity index is 1.81. The number of pyridine rings is 1. The Morgan fingerprint density at radius 3 is 2.65 bits per heavy atom. The lowest BCUT2D eigenvalue weighted by Crippen LogP contribution is -2.14. The Hall–Kier alpha value is -3.52. The van der Waals surface area contributed by atoms with Gasteiger partial charge in [0.1, 0.15) is 5.00 Å². The summed E-state index contributed by atoms with van der Waals surface area (Å²) in [4.78, 5) is 31.1. The van der Waals surface area contributed by atoms with Crippen molar-refractivity contribution in [3.8, 4) is 11.3 Å². The molecule has 7 nitrogen and oxygen atoms in total. The number of rotatable bonds is 5. The molecule has 0 aliphatic carbocycles. The fourth-order valence-electron chi connectivity index (χ4n) is 3.56. The maximum atomic E-state index is 13.3. The van der Waals surface area contributed by atoms with E-state index in [2.05, 4.69) is 10.4 Å². The molecule has 1 amide bonds. The highest BCUT2D eigenvalue weighted by molar-refractivity contribution is 7.16. The van der Waals surface area contributed by atoms with E-state index in [0.29, 0.717) is 27.3 Å². The summed E-state index contributed by atoms with van der Waals surface area (Å²) < 4.78 is 6.74. The van der Waals surface area contributed by atoms with E-state index < -0.39 is 5.97 Å². The van der Waals surface area contributed by atoms with E-state index in [-0.39, 0.29) is 5.91 Å². The van der Waals surface area contributed by atoms with Crippen LogP contribution >= 0.6 is 11.3 Å². The number of esters is 1. The molecule has 0 spiro atoms. The van der Waals surface area contributed by atoms with Crippen LogP contribution in [0.3, 0.4) is 0 Å². The van der Waals surface area contributed by atoms with Crippen molar-refractivity contribution in [1.82, 2.24) is 14.8 Å². The molecule has 4 aromatic rings. The second-order valence-electron chi connectivity index (χ2n) is 7.08. The molecule has 0 aliphatic heterocycles. The van der Waals surface area contributed by atoms with E-state index in [0.717, 1.165) is 28.1 Å². The van der Waals surface area contributed by atoms with Crippen molar-refractivity contribution in [3.05, 3.63) is 64.3 Å². The number of nitrogens with one attached hydrogen (secondary N) is 1. The molecule has 8 heteroatoms. The summed E-state index contributed by atoms with van der Waals surface area (Å²) in [7, 11) is 1.32. The molecule has 0 bridgehead atoms. The highest BCUT2D eigenvalue weighted by Gasteiger charge is 2.21. The number of carbonyl (C=O) groups is 2. The summed E-state index contributed by atoms with van der Waals surface area (Å²) in [5.74, 6) is -0.796. The third-order valence-electron chi connectivity index (χ3n) is 5.13. The molecule has 1 N–H and O–H groups in total. The van der Waals surface area contributed by atoms with Crippen molar-refractivity contribution in [2.75, 3.05) is 12.4 Å². The van der Waals surface area contributed by atoms with Gasteiger partial charge in [0.2, 0.25) is 0 Å². The van der Waals surface area contributed by atoms with Gasteiger partial charge in [0.05, 0.1) is 35.6 Å². The number of methoxy groups -OCH3 is 1. The number of hydrogen-bond acceptors (Lipinski definition) is 6. The zero-order chi connectivity index (χ0) is 22.1. The molecule has 3 aromatic heterocycles. The molecule has 31 heavy (non-hydrogen) atoms. The van der Waals surface area contributed by atoms with Crippen LogP contribution in [0.4, 0.5) is 5.00 Å². The summed E-state index contributed by atoms with van der Waals surface area (Å²) in [6.45, 7) is 6.64. The fourth-order valence-corrected chi connectivity index (χ4v) is 4.45. The van der Waals surface area contributed by atoms with Gasteiger partial charge in [-0.25, -0.2) is 9.78 Å². The second-order valence-corrected chi connectivity index (χ2v) is 8.33. The minimum absolute atomic E-state index is 0.313. The van der Waals surface area contributed by atoms with Gasteiger partial charge >= 0.3 is 5.97 Å². The Bertz CT molecular complexity index is 1310. The molecule has 0 saturated carbocycles. The van der Waals surface area contributed by atoms with Crippen LogP contribution in [0.2, 0.25) is 0 Å². The molecule has 3 heterocycles. The molecular formula is C23H22N4O3S. The topological polar surface area (TPSA) is 86.1 Å². The van der Waals surface area contributed by atoms with E-state index >= 15 is 0 Å². The first-order valence-electron chi connectivity index (χ1n) is 9.85. The molecule has 1 aromatic carbocycles. The van der Waals surface area contributed by atoms with Crippen LogP contribution in [0.5, 0.6) is 0 Å². The second kappa shape index (κ2) is 8.31. The van der Waals surface area contributed by atoms with Gasteiger partial charge in [-0.1, -0.05) is 18.2 Å². The maximum Gasteiger partial charge on any atom is 0.340 e. The third-order valence-corrected chi connectivity index (χ3v) is 6.09. The van der Waals surface area contributed by atoms with Gasteiger partial charge in [-0.3, -0.25) is 9.48 Å². The van der Waals surface area contributed by atoms with Crippen molar-refractivity contribution in [2.45, 2.75) is 27.3 Å². The van der Waals surface area contributed by atoms with E-state index in [9.17, 15) is 9.59 Å². The zero-order valence-electron chi connectivity index (χ0n) is 17.7. The maximum absolute atomic E-state index is 13.3. The fraction of sp³-hybridized carbons (Fsp3) is 0.217. The first kappa shape index (κ1) is 20.7. The lowest BCUT2D eigenvalue weighted by molar-refractivity contribution is 0.0602. The normalized spacial score (nSPS) is 11.0. The SMILES string of the molecule is CCn1ncc(-c2cc(C(=O)Nc3sc(C)cc3C(=O)OC)c3ccccc3n2)c1C. The average molecular weight is 435 g/mol. The average Bonchev–Trinajstić information content (AvgIpc) is 3.33. The summed E-state index contributed by atoms with van der Waals surface area (Å²) in [5.41, 5.74) is 4.08. The number of para-hydroxylation sites is 1. The predicted molar refractivity (Wildman–Crippen MR) is 122 cm³/mol. The van der Waals surface area contributed by atoms with Gasteiger partial charge in [0, 0.05) is 28.1 Å². The van der Waals surface area contributed by atoms with Crippen LogP contribution in [-0.2, 0) is 11.3 Å². The Morgan fingerprint density at radius 1 is 1.16 bits per heavy atom. The van der Waals surface area contributed by atoms with Crippen molar-refractivity contribution >= 4 is 39.1 Å². The Morgan fingerprint density at radius 2 is 1.94 bits per heavy atom. The molecule has 4 rings (SSSR count). The Kier molecular flexibility index (Phi) is 5.56. The smallest absolute Gasteiger partial charge is 0.340 e. The van der Waals surface area contributed by atoms with E-state index in [1.807, 2.05) is 49.7 Å². The van der Waals surface area contributed by atoms with Crippen LogP contribution in [0.25, 0.3) is 22.2 Å². The standard InChI is InChI=1S/C23H22N4O3S/c1-5-27-14(3)18(12-24-27)20-11-16(15-8-6-7-9-19(15)25-20)21(28)26-22-17(23(29)30-4)10-13(2)31-22/h6-12H,5H2,1-4H3,(H,26,28). The zero-order valence-corrected chi connectivity index (χ0v) is 18.5. The van der Waals surface area contributed by atoms with Gasteiger partial charge in [0.25, 0.3) is 5.91 Å². The van der Waals surface area contributed by atoms with Gasteiger partial charge < -0.3 is 10.1 Å². The monoisotopic (exact) mass is 434 g/mol. The molecule has 0 fully saturated rings. The molecule has 0 saturated heterocycles. The molecule has 0 atom stereocenters. The van der Waals surface area contributed by atoms with Crippen molar-refractivity contribution in [3.63, 3.8) is 0 Å². The number of fused-ring (bicyclic) bond motifs is 1. The number of anilines is 1. The minimum atomic E-state index is -0.484. The number of ether oxygens (including phenoxy) is 1. The van der Waals surface area contributed by atoms with E-state index in [4.69, 9.17) is 9.72 Å². The van der Waals surface area contributed by atoms with Crippen LogP contribution in [0, 0.1) is 13.8 Å². The summed E-state index contributed by atoms with van der Waals surface area (Å²) in [6, 6.07) is 11.0. The lowest BCUT2D eigenvalue weighted by Gasteiger charge is -2.11. The van der Waals surface area contributed by atoms with Crippen molar-refractivity contribution in [1.29, 1.82) is 0 Å². The minimum Gasteiger partial charge on any atom is -0.465 e. The number of amides is 1. The number of aryl methyl sites for hydroxylation is 2. The van der Waals surface area contributed by atoms with Crippen LogP contribution in [0.1, 0.15) is 38.2 Å². The van der Waals surface area contributed by atoms with Gasteiger partial charge in [-0.2, -0.15) is 5.10 Å². The van der Waals surface area contributed by atoms with E-state index in [1.165, 1.54) is 18.4 Å². The number of thiophene rings is 1. The first-order valence-corrected chi connectivity index (χ1v) is 10.7. The van der Waals surface area contributed by atoms with Crippen molar-refractivity contribution < 1.29 is 14.3 Å². The molecule has 0 radical (unpaired) electrons. The van der Waals surface area contributed by atoms with Crippen LogP contribution < -0.4 is 5.32 Å². The van der Waals surface area contributed by atoms with Gasteiger partial charge in [-0.05, 0) is 39.0 Å². The van der Waals surface area contributed by atoms with Crippen LogP contribution in [-0.4, -0.2) is 33.8 Å². The summed E-state index contributed by atoms with van der Waals surface area (Å²) >= 11 is 1.33. The van der Waals surface area contributed by atoms with Gasteiger partial charge in [0.15, 0.2) is 0 Å².